The zero-order valence-corrected chi connectivity index (χ0v) is 9.78. The van der Waals surface area contributed by atoms with Gasteiger partial charge in [0, 0.05) is 0 Å². The smallest absolute Gasteiger partial charge is 0.240 e. The molecule has 0 N–H and O–H groups in total. The lowest BCUT2D eigenvalue weighted by Gasteiger charge is -2.17. The van der Waals surface area contributed by atoms with Crippen LogP contribution in [0.25, 0.3) is 0 Å². The molecular weight excluding hydrogens is 230 g/mol. The second-order valence-corrected chi connectivity index (χ2v) is 5.19. The summed E-state index contributed by atoms with van der Waals surface area (Å²) in [5, 5.41) is 0. The van der Waals surface area contributed by atoms with Crippen molar-refractivity contribution < 1.29 is 14.3 Å². The van der Waals surface area contributed by atoms with Crippen LogP contribution in [0.15, 0.2) is 30.3 Å². The summed E-state index contributed by atoms with van der Waals surface area (Å²) in [6, 6.07) is 9.17. The van der Waals surface area contributed by atoms with E-state index in [9.17, 15) is 9.59 Å². The van der Waals surface area contributed by atoms with Crippen molar-refractivity contribution in [2.24, 2.45) is 11.8 Å². The fourth-order valence-electron chi connectivity index (χ4n) is 3.54. The normalized spacial score (nSPS) is 37.4. The van der Waals surface area contributed by atoms with E-state index in [-0.39, 0.29) is 35.9 Å². The van der Waals surface area contributed by atoms with Gasteiger partial charge >= 0.3 is 0 Å². The number of para-hydroxylation sites is 1. The number of imide groups is 1. The molecule has 3 aliphatic heterocycles. The SMILES string of the molecule is O=C1[C@@H]2[C@H](C(=O)N1c1ccccc1)[C@H]1CC[C@@H]2O1. The van der Waals surface area contributed by atoms with Crippen LogP contribution in [0.4, 0.5) is 5.69 Å². The molecule has 1 aromatic rings. The minimum absolute atomic E-state index is 0.0369. The molecule has 4 nitrogen and oxygen atoms in total. The fraction of sp³-hybridized carbons (Fsp3) is 0.429. The number of carbonyl (C=O) groups excluding carboxylic acids is 2. The number of ether oxygens (including phenoxy) is 1. The van der Waals surface area contributed by atoms with E-state index >= 15 is 0 Å². The summed E-state index contributed by atoms with van der Waals surface area (Å²) in [7, 11) is 0. The quantitative estimate of drug-likeness (QED) is 0.699. The van der Waals surface area contributed by atoms with Gasteiger partial charge in [0.25, 0.3) is 0 Å². The number of benzene rings is 1. The molecule has 4 atom stereocenters. The Hall–Kier alpha value is -1.68. The molecule has 0 unspecified atom stereocenters. The molecule has 2 amide bonds. The van der Waals surface area contributed by atoms with Gasteiger partial charge < -0.3 is 4.74 Å². The Morgan fingerprint density at radius 3 is 2.06 bits per heavy atom. The van der Waals surface area contributed by atoms with Crippen LogP contribution in [0, 0.1) is 11.8 Å². The van der Waals surface area contributed by atoms with Crippen LogP contribution in [-0.4, -0.2) is 24.0 Å². The minimum Gasteiger partial charge on any atom is -0.373 e. The van der Waals surface area contributed by atoms with Gasteiger partial charge in [-0.15, -0.1) is 0 Å². The first-order valence-corrected chi connectivity index (χ1v) is 6.36. The van der Waals surface area contributed by atoms with Crippen molar-refractivity contribution in [1.82, 2.24) is 0 Å². The number of rotatable bonds is 1. The third kappa shape index (κ3) is 1.13. The average molecular weight is 243 g/mol. The average Bonchev–Trinajstić information content (AvgIpc) is 3.05. The van der Waals surface area contributed by atoms with Crippen molar-refractivity contribution >= 4 is 17.5 Å². The van der Waals surface area contributed by atoms with Gasteiger partial charge in [-0.3, -0.25) is 9.59 Å². The van der Waals surface area contributed by atoms with Gasteiger partial charge in [0.15, 0.2) is 0 Å². The molecular formula is C14H13NO3. The van der Waals surface area contributed by atoms with E-state index in [0.29, 0.717) is 5.69 Å². The maximum atomic E-state index is 12.4. The molecule has 0 spiro atoms. The Kier molecular flexibility index (Phi) is 1.95. The van der Waals surface area contributed by atoms with Crippen LogP contribution in [0.5, 0.6) is 0 Å². The predicted octanol–water partition coefficient (Wildman–Crippen LogP) is 1.35. The highest BCUT2D eigenvalue weighted by Gasteiger charge is 2.62. The first kappa shape index (κ1) is 10.3. The zero-order valence-electron chi connectivity index (χ0n) is 9.78. The molecule has 3 heterocycles. The standard InChI is InChI=1S/C14H13NO3/c16-13-11-9-6-7-10(18-9)12(11)14(17)15(13)8-4-2-1-3-5-8/h1-5,9-12H,6-7H2/t9-,10+,11-,12+. The topological polar surface area (TPSA) is 46.6 Å². The lowest BCUT2D eigenvalue weighted by atomic mass is 9.81. The number of carbonyl (C=O) groups is 2. The van der Waals surface area contributed by atoms with Crippen LogP contribution in [0.2, 0.25) is 0 Å². The summed E-state index contributed by atoms with van der Waals surface area (Å²) in [5.41, 5.74) is 0.682. The van der Waals surface area contributed by atoms with Crippen LogP contribution < -0.4 is 4.90 Å². The number of amides is 2. The second kappa shape index (κ2) is 3.42. The minimum atomic E-state index is -0.239. The largest absolute Gasteiger partial charge is 0.373 e. The lowest BCUT2D eigenvalue weighted by Crippen LogP contribution is -2.34. The van der Waals surface area contributed by atoms with Gasteiger partial charge in [0.2, 0.25) is 11.8 Å². The predicted molar refractivity (Wildman–Crippen MR) is 63.8 cm³/mol. The van der Waals surface area contributed by atoms with Gasteiger partial charge in [-0.1, -0.05) is 18.2 Å². The molecule has 92 valence electrons. The molecule has 1 aromatic carbocycles. The van der Waals surface area contributed by atoms with Gasteiger partial charge in [-0.25, -0.2) is 4.90 Å². The van der Waals surface area contributed by atoms with Crippen molar-refractivity contribution in [1.29, 1.82) is 0 Å². The number of fused-ring (bicyclic) bond motifs is 5. The number of nitrogens with zero attached hydrogens (tertiary/aromatic N) is 1. The molecule has 3 fully saturated rings. The molecule has 0 saturated carbocycles. The second-order valence-electron chi connectivity index (χ2n) is 5.19. The zero-order chi connectivity index (χ0) is 12.3. The maximum Gasteiger partial charge on any atom is 0.240 e. The first-order valence-electron chi connectivity index (χ1n) is 6.36. The summed E-state index contributed by atoms with van der Waals surface area (Å²) in [6.45, 7) is 0. The van der Waals surface area contributed by atoms with E-state index in [1.54, 1.807) is 12.1 Å². The summed E-state index contributed by atoms with van der Waals surface area (Å²) in [6.07, 6.45) is 1.75. The molecule has 2 bridgehead atoms. The van der Waals surface area contributed by atoms with Gasteiger partial charge in [-0.2, -0.15) is 0 Å². The summed E-state index contributed by atoms with van der Waals surface area (Å²) >= 11 is 0. The molecule has 4 rings (SSSR count). The molecule has 3 aliphatic rings. The van der Waals surface area contributed by atoms with Gasteiger partial charge in [-0.05, 0) is 25.0 Å². The maximum absolute atomic E-state index is 12.4. The van der Waals surface area contributed by atoms with E-state index in [2.05, 4.69) is 0 Å². The third-order valence-electron chi connectivity index (χ3n) is 4.30. The molecule has 3 saturated heterocycles. The van der Waals surface area contributed by atoms with E-state index in [0.717, 1.165) is 12.8 Å². The van der Waals surface area contributed by atoms with Crippen molar-refractivity contribution in [3.8, 4) is 0 Å². The summed E-state index contributed by atoms with van der Waals surface area (Å²) in [5.74, 6) is -0.639. The molecule has 0 aliphatic carbocycles. The highest BCUT2D eigenvalue weighted by molar-refractivity contribution is 6.22. The Morgan fingerprint density at radius 1 is 0.944 bits per heavy atom. The van der Waals surface area contributed by atoms with E-state index in [4.69, 9.17) is 4.74 Å². The van der Waals surface area contributed by atoms with Crippen LogP contribution in [0.3, 0.4) is 0 Å². The van der Waals surface area contributed by atoms with Crippen LogP contribution in [0.1, 0.15) is 12.8 Å². The monoisotopic (exact) mass is 243 g/mol. The first-order chi connectivity index (χ1) is 8.77. The number of hydrogen-bond donors (Lipinski definition) is 0. The van der Waals surface area contributed by atoms with Crippen molar-refractivity contribution in [2.45, 2.75) is 25.0 Å². The lowest BCUT2D eigenvalue weighted by molar-refractivity contribution is -0.124. The molecule has 0 aromatic heterocycles. The fourth-order valence-corrected chi connectivity index (χ4v) is 3.54. The van der Waals surface area contributed by atoms with Crippen LogP contribution in [-0.2, 0) is 14.3 Å². The summed E-state index contributed by atoms with van der Waals surface area (Å²) < 4.78 is 5.70. The third-order valence-corrected chi connectivity index (χ3v) is 4.30. The Morgan fingerprint density at radius 2 is 1.50 bits per heavy atom. The van der Waals surface area contributed by atoms with Crippen molar-refractivity contribution in [3.63, 3.8) is 0 Å². The van der Waals surface area contributed by atoms with Gasteiger partial charge in [0.05, 0.1) is 29.7 Å². The van der Waals surface area contributed by atoms with Crippen molar-refractivity contribution in [2.75, 3.05) is 4.90 Å². The Bertz CT molecular complexity index is 499. The number of anilines is 1. The van der Waals surface area contributed by atoms with E-state index in [1.807, 2.05) is 18.2 Å². The van der Waals surface area contributed by atoms with Crippen LogP contribution >= 0.6 is 0 Å². The van der Waals surface area contributed by atoms with Gasteiger partial charge in [0.1, 0.15) is 0 Å². The van der Waals surface area contributed by atoms with Crippen molar-refractivity contribution in [3.05, 3.63) is 30.3 Å². The molecule has 18 heavy (non-hydrogen) atoms. The summed E-state index contributed by atoms with van der Waals surface area (Å²) in [4.78, 5) is 26.2. The highest BCUT2D eigenvalue weighted by Crippen LogP contribution is 2.49. The Labute approximate surface area is 105 Å². The highest BCUT2D eigenvalue weighted by atomic mass is 16.5. The molecule has 4 heteroatoms. The molecule has 0 radical (unpaired) electrons. The van der Waals surface area contributed by atoms with E-state index < -0.39 is 0 Å². The number of hydrogen-bond acceptors (Lipinski definition) is 3. The van der Waals surface area contributed by atoms with E-state index in [1.165, 1.54) is 4.90 Å². The Balaban J connectivity index is 1.76.